The molecule has 0 aromatic heterocycles. The number of carboxylic acid groups (broad SMARTS) is 1. The molecule has 2 aliphatic carbocycles. The van der Waals surface area contributed by atoms with E-state index < -0.39 is 23.5 Å². The summed E-state index contributed by atoms with van der Waals surface area (Å²) >= 11 is 0. The first-order valence-corrected chi connectivity index (χ1v) is 15.0. The molecule has 0 radical (unpaired) electrons. The molecule has 1 unspecified atom stereocenters. The smallest absolute Gasteiger partial charge is 0.325 e. The molecular weight excluding hydrogens is 590 g/mol. The fourth-order valence-corrected chi connectivity index (χ4v) is 6.10. The Bertz CT molecular complexity index is 1640. The van der Waals surface area contributed by atoms with E-state index in [-0.39, 0.29) is 41.2 Å². The average molecular weight is 630 g/mol. The first-order chi connectivity index (χ1) is 21.8. The molecule has 2 fully saturated rings. The molecule has 2 saturated carbocycles. The molecule has 2 aromatic carbocycles. The number of rotatable bonds is 12. The van der Waals surface area contributed by atoms with Crippen molar-refractivity contribution in [1.29, 1.82) is 5.41 Å². The van der Waals surface area contributed by atoms with Crippen molar-refractivity contribution in [3.8, 4) is 16.9 Å². The zero-order valence-corrected chi connectivity index (χ0v) is 25.7. The Morgan fingerprint density at radius 2 is 1.85 bits per heavy atom. The Kier molecular flexibility index (Phi) is 9.04. The number of amides is 2. The van der Waals surface area contributed by atoms with Gasteiger partial charge in [-0.15, -0.1) is 0 Å². The minimum absolute atomic E-state index is 0.0326. The number of carbonyl (C=O) groups excluding carboxylic acids is 2. The van der Waals surface area contributed by atoms with Crippen molar-refractivity contribution in [2.75, 3.05) is 6.61 Å². The molecule has 2 amide bonds. The number of primary amides is 1. The summed E-state index contributed by atoms with van der Waals surface area (Å²) in [7, 11) is 0. The van der Waals surface area contributed by atoms with Crippen LogP contribution in [-0.2, 0) is 14.3 Å². The maximum atomic E-state index is 13.0. The molecule has 12 nitrogen and oxygen atoms in total. The minimum atomic E-state index is -1.16. The summed E-state index contributed by atoms with van der Waals surface area (Å²) in [5.74, 6) is -1.23. The van der Waals surface area contributed by atoms with Crippen LogP contribution in [0.1, 0.15) is 61.5 Å². The predicted molar refractivity (Wildman–Crippen MR) is 171 cm³/mol. The number of ether oxygens (including phenoxy) is 2. The monoisotopic (exact) mass is 629 g/mol. The third kappa shape index (κ3) is 7.30. The highest BCUT2D eigenvalue weighted by Gasteiger charge is 2.54. The zero-order valence-electron chi connectivity index (χ0n) is 25.7. The van der Waals surface area contributed by atoms with Gasteiger partial charge in [-0.1, -0.05) is 24.3 Å². The molecule has 0 bridgehead atoms. The number of dihydropyridines is 1. The van der Waals surface area contributed by atoms with Crippen molar-refractivity contribution in [3.63, 3.8) is 0 Å². The molecule has 12 heteroatoms. The number of nitrogens with two attached hydrogens (primary N) is 2. The minimum Gasteiger partial charge on any atom is -0.490 e. The van der Waals surface area contributed by atoms with Crippen LogP contribution < -0.4 is 26.8 Å². The van der Waals surface area contributed by atoms with Gasteiger partial charge in [0.15, 0.2) is 0 Å². The van der Waals surface area contributed by atoms with E-state index in [0.29, 0.717) is 22.8 Å². The normalized spacial score (nSPS) is 23.5. The number of hydrogen-bond acceptors (Lipinski definition) is 9. The number of benzene rings is 2. The van der Waals surface area contributed by atoms with E-state index >= 15 is 0 Å². The van der Waals surface area contributed by atoms with Crippen molar-refractivity contribution in [1.82, 2.24) is 10.6 Å². The highest BCUT2D eigenvalue weighted by molar-refractivity contribution is 6.12. The molecule has 1 heterocycles. The van der Waals surface area contributed by atoms with Crippen molar-refractivity contribution in [3.05, 3.63) is 89.0 Å². The van der Waals surface area contributed by atoms with Gasteiger partial charge in [-0.2, -0.15) is 0 Å². The van der Waals surface area contributed by atoms with Crippen LogP contribution >= 0.6 is 0 Å². The molecule has 46 heavy (non-hydrogen) atoms. The van der Waals surface area contributed by atoms with Gasteiger partial charge in [0, 0.05) is 18.5 Å². The molecule has 9 N–H and O–H groups in total. The molecule has 2 aromatic rings. The van der Waals surface area contributed by atoms with Gasteiger partial charge < -0.3 is 47.2 Å². The molecular formula is C34H39N5O7. The summed E-state index contributed by atoms with van der Waals surface area (Å²) in [6, 6.07) is 10.8. The lowest BCUT2D eigenvalue weighted by Crippen LogP contribution is -2.59. The summed E-state index contributed by atoms with van der Waals surface area (Å²) < 4.78 is 11.8. The van der Waals surface area contributed by atoms with E-state index in [1.54, 1.807) is 68.6 Å². The molecule has 3 aliphatic rings. The Morgan fingerprint density at radius 1 is 1.13 bits per heavy atom. The lowest BCUT2D eigenvalue weighted by Gasteiger charge is -2.57. The lowest BCUT2D eigenvalue weighted by atomic mass is 9.53. The van der Waals surface area contributed by atoms with E-state index in [2.05, 4.69) is 10.6 Å². The van der Waals surface area contributed by atoms with Gasteiger partial charge in [0.25, 0.3) is 11.8 Å². The summed E-state index contributed by atoms with van der Waals surface area (Å²) in [4.78, 5) is 36.5. The van der Waals surface area contributed by atoms with Crippen LogP contribution in [0, 0.1) is 10.8 Å². The molecule has 5 rings (SSSR count). The van der Waals surface area contributed by atoms with Crippen molar-refractivity contribution < 1.29 is 34.1 Å². The fraction of sp³-hybridized carbons (Fsp3) is 0.353. The third-order valence-corrected chi connectivity index (χ3v) is 8.46. The van der Waals surface area contributed by atoms with E-state index in [9.17, 15) is 24.6 Å². The second-order valence-corrected chi connectivity index (χ2v) is 12.8. The van der Waals surface area contributed by atoms with Crippen LogP contribution in [0.4, 0.5) is 0 Å². The van der Waals surface area contributed by atoms with E-state index in [4.69, 9.17) is 26.4 Å². The Balaban J connectivity index is 1.16. The first-order valence-electron chi connectivity index (χ1n) is 15.0. The molecule has 242 valence electrons. The first kappa shape index (κ1) is 32.5. The van der Waals surface area contributed by atoms with Gasteiger partial charge in [0.05, 0.1) is 28.5 Å². The fourth-order valence-electron chi connectivity index (χ4n) is 6.10. The van der Waals surface area contributed by atoms with Gasteiger partial charge in [0.2, 0.25) is 0 Å². The molecule has 1 atom stereocenters. The maximum absolute atomic E-state index is 13.0. The molecule has 0 saturated heterocycles. The molecule has 1 spiro atoms. The Hall–Kier alpha value is -4.94. The maximum Gasteiger partial charge on any atom is 0.325 e. The van der Waals surface area contributed by atoms with Crippen LogP contribution in [-0.4, -0.2) is 58.6 Å². The number of aliphatic carboxylic acids is 1. The predicted octanol–water partition coefficient (Wildman–Crippen LogP) is 3.04. The Labute approximate surface area is 266 Å². The lowest BCUT2D eigenvalue weighted by molar-refractivity contribution is -0.138. The number of nitrogens with one attached hydrogen (secondary N) is 3. The van der Waals surface area contributed by atoms with Crippen molar-refractivity contribution in [2.45, 2.75) is 63.3 Å². The van der Waals surface area contributed by atoms with E-state index in [1.165, 1.54) is 0 Å². The van der Waals surface area contributed by atoms with Gasteiger partial charge in [-0.25, -0.2) is 0 Å². The summed E-state index contributed by atoms with van der Waals surface area (Å²) in [6.07, 6.45) is 8.86. The number of aliphatic hydroxyl groups is 1. The number of carbonyl (C=O) groups is 3. The van der Waals surface area contributed by atoms with Gasteiger partial charge in [-0.3, -0.25) is 14.4 Å². The van der Waals surface area contributed by atoms with Crippen molar-refractivity contribution >= 4 is 24.0 Å². The Morgan fingerprint density at radius 3 is 2.46 bits per heavy atom. The van der Waals surface area contributed by atoms with Gasteiger partial charge in [-0.05, 0) is 92.0 Å². The van der Waals surface area contributed by atoms with Crippen LogP contribution in [0.25, 0.3) is 11.1 Å². The average Bonchev–Trinajstić information content (AvgIpc) is 2.98. The van der Waals surface area contributed by atoms with Crippen molar-refractivity contribution in [2.24, 2.45) is 16.9 Å². The summed E-state index contributed by atoms with van der Waals surface area (Å²) in [5.41, 5.74) is 13.3. The number of hydrogen-bond donors (Lipinski definition) is 7. The summed E-state index contributed by atoms with van der Waals surface area (Å²) in [5, 5.41) is 32.9. The highest BCUT2D eigenvalue weighted by atomic mass is 16.5. The van der Waals surface area contributed by atoms with Crippen LogP contribution in [0.15, 0.2) is 77.8 Å². The van der Waals surface area contributed by atoms with Crippen LogP contribution in [0.2, 0.25) is 0 Å². The van der Waals surface area contributed by atoms with Gasteiger partial charge in [0.1, 0.15) is 24.2 Å². The largest absolute Gasteiger partial charge is 0.490 e. The quantitative estimate of drug-likeness (QED) is 0.136. The highest BCUT2D eigenvalue weighted by Crippen LogP contribution is 2.57. The SMILES string of the molecule is CC(C)(O)COC1=CN/C(=C(\C=N)C(=O)NC2CC3(C2)CC(Oc2cc(-c4cccc(C(N)C(=O)O)c4)ccc2C(N)=O)C3)C=C1. The second kappa shape index (κ2) is 12.8. The van der Waals surface area contributed by atoms with Gasteiger partial charge >= 0.3 is 5.97 Å². The summed E-state index contributed by atoms with van der Waals surface area (Å²) in [6.45, 7) is 3.39. The molecule has 1 aliphatic heterocycles. The number of carboxylic acids is 1. The second-order valence-electron chi connectivity index (χ2n) is 12.8. The number of allylic oxidation sites excluding steroid dienone is 2. The standard InChI is InChI=1S/C34H39N5O7/c1-33(2,44)18-45-23-7-9-27(38-17-23)26(16-35)31(41)39-22-12-34(13-22)14-24(15-34)46-28-11-20(6-8-25(28)30(37)40)19-4-3-5-21(10-19)29(36)32(42)43/h3-11,16-17,22,24,29,35,38,44H,12-15,18,36H2,1-2H3,(H2,37,40)(H,39,41)(H,42,43)/b27-26+,35-16?. The zero-order chi connectivity index (χ0) is 33.2. The van der Waals surface area contributed by atoms with E-state index in [1.807, 2.05) is 6.07 Å². The van der Waals surface area contributed by atoms with Crippen LogP contribution in [0.3, 0.4) is 0 Å². The van der Waals surface area contributed by atoms with Crippen LogP contribution in [0.5, 0.6) is 5.75 Å². The van der Waals surface area contributed by atoms with E-state index in [0.717, 1.165) is 43.0 Å². The third-order valence-electron chi connectivity index (χ3n) is 8.46. The topological polar surface area (TPSA) is 210 Å².